The van der Waals surface area contributed by atoms with Gasteiger partial charge in [-0.2, -0.15) is 5.26 Å². The lowest BCUT2D eigenvalue weighted by molar-refractivity contribution is 0.603. The van der Waals surface area contributed by atoms with Gasteiger partial charge in [-0.3, -0.25) is 0 Å². The molecule has 0 saturated carbocycles. The summed E-state index contributed by atoms with van der Waals surface area (Å²) in [6.07, 6.45) is 1.57. The number of furan rings is 1. The van der Waals surface area contributed by atoms with E-state index < -0.39 is 0 Å². The highest BCUT2D eigenvalue weighted by Crippen LogP contribution is 2.20. The Morgan fingerprint density at radius 3 is 3.08 bits per heavy atom. The van der Waals surface area contributed by atoms with Crippen LogP contribution in [0, 0.1) is 17.1 Å². The largest absolute Gasteiger partial charge is 0.464 e. The number of halogens is 1. The zero-order valence-electron chi connectivity index (χ0n) is 6.75. The Bertz CT molecular complexity index is 481. The third-order valence-electron chi connectivity index (χ3n) is 1.89. The summed E-state index contributed by atoms with van der Waals surface area (Å²) in [5.74, 6) is -0.351. The van der Waals surface area contributed by atoms with Gasteiger partial charge in [-0.15, -0.1) is 0 Å². The number of nitrogens with zero attached hydrogens (tertiary/aromatic N) is 1. The lowest BCUT2D eigenvalue weighted by Crippen LogP contribution is -1.87. The van der Waals surface area contributed by atoms with Crippen LogP contribution in [0.2, 0.25) is 0 Å². The van der Waals surface area contributed by atoms with Crippen LogP contribution in [0.15, 0.2) is 28.9 Å². The van der Waals surface area contributed by atoms with E-state index in [-0.39, 0.29) is 12.2 Å². The average molecular weight is 175 g/mol. The molecule has 1 aromatic heterocycles. The summed E-state index contributed by atoms with van der Waals surface area (Å²) in [4.78, 5) is 0. The molecule has 0 aliphatic heterocycles. The Hall–Kier alpha value is -1.82. The molecule has 0 radical (unpaired) electrons. The minimum Gasteiger partial charge on any atom is -0.464 e. The topological polar surface area (TPSA) is 36.9 Å². The Balaban J connectivity index is 2.64. The molecule has 0 atom stereocenters. The molecule has 1 aromatic carbocycles. The van der Waals surface area contributed by atoms with Crippen molar-refractivity contribution in [3.05, 3.63) is 35.8 Å². The molecule has 0 unspecified atom stereocenters. The van der Waals surface area contributed by atoms with Gasteiger partial charge in [0.15, 0.2) is 0 Å². The van der Waals surface area contributed by atoms with Crippen molar-refractivity contribution >= 4 is 11.0 Å². The highest BCUT2D eigenvalue weighted by Gasteiger charge is 2.05. The van der Waals surface area contributed by atoms with Crippen LogP contribution >= 0.6 is 0 Å². The van der Waals surface area contributed by atoms with Gasteiger partial charge < -0.3 is 4.42 Å². The van der Waals surface area contributed by atoms with Crippen molar-refractivity contribution in [2.45, 2.75) is 6.42 Å². The monoisotopic (exact) mass is 175 g/mol. The smallest absolute Gasteiger partial charge is 0.134 e. The summed E-state index contributed by atoms with van der Waals surface area (Å²) in [7, 11) is 0. The molecular formula is C10H6FNO. The molecule has 0 N–H and O–H groups in total. The van der Waals surface area contributed by atoms with Gasteiger partial charge >= 0.3 is 0 Å². The molecule has 0 spiro atoms. The Labute approximate surface area is 74.2 Å². The number of hydrogen-bond acceptors (Lipinski definition) is 2. The predicted octanol–water partition coefficient (Wildman–Crippen LogP) is 2.64. The Kier molecular flexibility index (Phi) is 1.75. The molecule has 0 aliphatic carbocycles. The molecule has 2 aromatic rings. The van der Waals surface area contributed by atoms with E-state index in [2.05, 4.69) is 0 Å². The highest BCUT2D eigenvalue weighted by atomic mass is 19.1. The van der Waals surface area contributed by atoms with Gasteiger partial charge in [0.1, 0.15) is 11.4 Å². The zero-order valence-corrected chi connectivity index (χ0v) is 6.75. The quantitative estimate of drug-likeness (QED) is 0.668. The molecular weight excluding hydrogens is 169 g/mol. The van der Waals surface area contributed by atoms with Crippen molar-refractivity contribution in [3.8, 4) is 6.07 Å². The maximum atomic E-state index is 13.2. The van der Waals surface area contributed by atoms with Gasteiger partial charge in [0, 0.05) is 10.9 Å². The van der Waals surface area contributed by atoms with Crippen LogP contribution in [0.25, 0.3) is 11.0 Å². The summed E-state index contributed by atoms with van der Waals surface area (Å²) >= 11 is 0. The van der Waals surface area contributed by atoms with Crippen molar-refractivity contribution in [2.75, 3.05) is 0 Å². The number of nitriles is 1. The molecule has 0 bridgehead atoms. The minimum atomic E-state index is -0.351. The van der Waals surface area contributed by atoms with Gasteiger partial charge in [-0.1, -0.05) is 0 Å². The standard InChI is InChI=1S/C10H6FNO/c11-9-5-8-2-4-13-10(8)6-7(9)1-3-12/h2,4-6H,1H2. The average Bonchev–Trinajstić information content (AvgIpc) is 2.52. The van der Waals surface area contributed by atoms with Gasteiger partial charge in [-0.05, 0) is 18.2 Å². The van der Waals surface area contributed by atoms with Crippen LogP contribution in [0.1, 0.15) is 5.56 Å². The Morgan fingerprint density at radius 2 is 2.31 bits per heavy atom. The molecule has 13 heavy (non-hydrogen) atoms. The van der Waals surface area contributed by atoms with Crippen molar-refractivity contribution in [1.29, 1.82) is 5.26 Å². The van der Waals surface area contributed by atoms with E-state index >= 15 is 0 Å². The second kappa shape index (κ2) is 2.91. The van der Waals surface area contributed by atoms with Gasteiger partial charge in [0.05, 0.1) is 18.8 Å². The lowest BCUT2D eigenvalue weighted by Gasteiger charge is -1.96. The molecule has 0 amide bonds. The van der Waals surface area contributed by atoms with Crippen LogP contribution in [0.3, 0.4) is 0 Å². The summed E-state index contributed by atoms with van der Waals surface area (Å²) in [6, 6.07) is 6.53. The summed E-state index contributed by atoms with van der Waals surface area (Å²) in [5.41, 5.74) is 0.997. The summed E-state index contributed by atoms with van der Waals surface area (Å²) in [6.45, 7) is 0. The number of hydrogen-bond donors (Lipinski definition) is 0. The predicted molar refractivity (Wildman–Crippen MR) is 45.5 cm³/mol. The van der Waals surface area contributed by atoms with Crippen molar-refractivity contribution in [1.82, 2.24) is 0 Å². The Morgan fingerprint density at radius 1 is 1.46 bits per heavy atom. The lowest BCUT2D eigenvalue weighted by atomic mass is 10.1. The molecule has 3 heteroatoms. The minimum absolute atomic E-state index is 0.0719. The molecule has 0 aliphatic rings. The van der Waals surface area contributed by atoms with Crippen molar-refractivity contribution < 1.29 is 8.81 Å². The van der Waals surface area contributed by atoms with Crippen LogP contribution in [-0.2, 0) is 6.42 Å². The number of fused-ring (bicyclic) bond motifs is 1. The van der Waals surface area contributed by atoms with Gasteiger partial charge in [0.25, 0.3) is 0 Å². The maximum absolute atomic E-state index is 13.2. The number of benzene rings is 1. The van der Waals surface area contributed by atoms with E-state index in [0.29, 0.717) is 11.1 Å². The first kappa shape index (κ1) is 7.81. The van der Waals surface area contributed by atoms with Crippen LogP contribution in [0.5, 0.6) is 0 Å². The van der Waals surface area contributed by atoms with Crippen molar-refractivity contribution in [2.24, 2.45) is 0 Å². The SMILES string of the molecule is N#CCc1cc2occc2cc1F. The third kappa shape index (κ3) is 1.27. The third-order valence-corrected chi connectivity index (χ3v) is 1.89. The van der Waals surface area contributed by atoms with E-state index in [9.17, 15) is 4.39 Å². The first-order valence-electron chi connectivity index (χ1n) is 3.84. The summed E-state index contributed by atoms with van der Waals surface area (Å²) in [5, 5.41) is 9.14. The maximum Gasteiger partial charge on any atom is 0.134 e. The molecule has 2 rings (SSSR count). The zero-order chi connectivity index (χ0) is 9.26. The van der Waals surface area contributed by atoms with E-state index in [1.54, 1.807) is 12.1 Å². The molecule has 64 valence electrons. The highest BCUT2D eigenvalue weighted by molar-refractivity contribution is 5.77. The van der Waals surface area contributed by atoms with Crippen LogP contribution in [-0.4, -0.2) is 0 Å². The molecule has 0 fully saturated rings. The fourth-order valence-electron chi connectivity index (χ4n) is 1.24. The van der Waals surface area contributed by atoms with Crippen molar-refractivity contribution in [3.63, 3.8) is 0 Å². The molecule has 0 saturated heterocycles. The van der Waals surface area contributed by atoms with Gasteiger partial charge in [0.2, 0.25) is 0 Å². The first-order valence-corrected chi connectivity index (χ1v) is 3.84. The normalized spacial score (nSPS) is 10.2. The first-order chi connectivity index (χ1) is 6.31. The fourth-order valence-corrected chi connectivity index (χ4v) is 1.24. The van der Waals surface area contributed by atoms with E-state index in [4.69, 9.17) is 9.68 Å². The van der Waals surface area contributed by atoms with E-state index in [1.807, 2.05) is 6.07 Å². The van der Waals surface area contributed by atoms with E-state index in [0.717, 1.165) is 5.39 Å². The van der Waals surface area contributed by atoms with Gasteiger partial charge in [-0.25, -0.2) is 4.39 Å². The fraction of sp³-hybridized carbons (Fsp3) is 0.100. The van der Waals surface area contributed by atoms with Crippen LogP contribution in [0.4, 0.5) is 4.39 Å². The van der Waals surface area contributed by atoms with Crippen LogP contribution < -0.4 is 0 Å². The molecule has 1 heterocycles. The second-order valence-electron chi connectivity index (χ2n) is 2.74. The summed E-state index contributed by atoms with van der Waals surface area (Å²) < 4.78 is 18.3. The van der Waals surface area contributed by atoms with E-state index in [1.165, 1.54) is 12.3 Å². The number of rotatable bonds is 1. The second-order valence-corrected chi connectivity index (χ2v) is 2.74. The molecule has 2 nitrogen and oxygen atoms in total.